The van der Waals surface area contributed by atoms with E-state index in [0.717, 1.165) is 39.6 Å². The number of piperazine rings is 1. The van der Waals surface area contributed by atoms with Crippen LogP contribution in [0.25, 0.3) is 28.1 Å². The highest BCUT2D eigenvalue weighted by atomic mass is 35.5. The number of carbonyl (C=O) groups is 2. The van der Waals surface area contributed by atoms with Crippen molar-refractivity contribution in [1.29, 1.82) is 0 Å². The van der Waals surface area contributed by atoms with Gasteiger partial charge in [-0.05, 0) is 48.2 Å². The van der Waals surface area contributed by atoms with Gasteiger partial charge in [-0.3, -0.25) is 14.4 Å². The molecule has 0 bridgehead atoms. The van der Waals surface area contributed by atoms with Crippen LogP contribution in [0.4, 0.5) is 24.5 Å². The molecular weight excluding hydrogens is 831 g/mol. The lowest BCUT2D eigenvalue weighted by atomic mass is 10.1. The zero-order valence-corrected chi connectivity index (χ0v) is 34.1. The summed E-state index contributed by atoms with van der Waals surface area (Å²) in [4.78, 5) is 59.4. The Morgan fingerprint density at radius 1 is 0.984 bits per heavy atom. The molecule has 6 heterocycles. The summed E-state index contributed by atoms with van der Waals surface area (Å²) in [6.07, 6.45) is -2.06. The first-order valence-electron chi connectivity index (χ1n) is 19.7. The number of benzene rings is 3. The Morgan fingerprint density at radius 3 is 2.52 bits per heavy atom. The minimum atomic E-state index is -4.73. The van der Waals surface area contributed by atoms with Gasteiger partial charge in [0, 0.05) is 37.1 Å². The largest absolute Gasteiger partial charge is 0.485 e. The fraction of sp³-hybridized carbons (Fsp3) is 0.279. The van der Waals surface area contributed by atoms with Crippen molar-refractivity contribution in [2.75, 3.05) is 36.4 Å². The zero-order valence-electron chi connectivity index (χ0n) is 33.3. The maximum absolute atomic E-state index is 14.6. The van der Waals surface area contributed by atoms with E-state index in [1.54, 1.807) is 16.4 Å². The molecule has 1 fully saturated rings. The van der Waals surface area contributed by atoms with E-state index in [1.807, 2.05) is 60.4 Å². The molecule has 0 saturated carbocycles. The van der Waals surface area contributed by atoms with Crippen LogP contribution >= 0.6 is 11.6 Å². The molecule has 9 rings (SSSR count). The van der Waals surface area contributed by atoms with Gasteiger partial charge >= 0.3 is 6.18 Å². The predicted molar refractivity (Wildman–Crippen MR) is 221 cm³/mol. The molecule has 0 aliphatic carbocycles. The molecule has 0 spiro atoms. The van der Waals surface area contributed by atoms with Crippen LogP contribution in [-0.4, -0.2) is 72.0 Å². The lowest BCUT2D eigenvalue weighted by molar-refractivity contribution is -0.136. The second-order valence-corrected chi connectivity index (χ2v) is 15.3. The van der Waals surface area contributed by atoms with Crippen LogP contribution in [0.5, 0.6) is 5.75 Å². The van der Waals surface area contributed by atoms with Gasteiger partial charge in [0.25, 0.3) is 11.5 Å². The van der Waals surface area contributed by atoms with Crippen molar-refractivity contribution in [3.05, 3.63) is 128 Å². The van der Waals surface area contributed by atoms with Crippen LogP contribution in [0.3, 0.4) is 0 Å². The fourth-order valence-corrected chi connectivity index (χ4v) is 8.18. The van der Waals surface area contributed by atoms with Crippen LogP contribution in [0.1, 0.15) is 51.1 Å². The number of hydrogen-bond acceptors (Lipinski definition) is 11. The second-order valence-electron chi connectivity index (χ2n) is 14.8. The summed E-state index contributed by atoms with van der Waals surface area (Å²) in [5.41, 5.74) is 2.98. The molecule has 318 valence electrons. The summed E-state index contributed by atoms with van der Waals surface area (Å²) in [5.74, 6) is -0.460. The molecule has 0 unspecified atom stereocenters. The van der Waals surface area contributed by atoms with E-state index in [2.05, 4.69) is 20.4 Å². The summed E-state index contributed by atoms with van der Waals surface area (Å²) in [6.45, 7) is 5.14. The third-order valence-corrected chi connectivity index (χ3v) is 11.3. The molecule has 7 aromatic rings. The van der Waals surface area contributed by atoms with Crippen LogP contribution in [0, 0.1) is 6.92 Å². The number of nitrogens with zero attached hydrogens (tertiary/aromatic N) is 8. The van der Waals surface area contributed by atoms with E-state index in [0.29, 0.717) is 30.2 Å². The van der Waals surface area contributed by atoms with E-state index in [-0.39, 0.29) is 95.5 Å². The van der Waals surface area contributed by atoms with Crippen LogP contribution < -0.4 is 20.5 Å². The Morgan fingerprint density at radius 2 is 1.76 bits per heavy atom. The minimum Gasteiger partial charge on any atom is -0.485 e. The number of hydrogen-bond donors (Lipinski definition) is 1. The molecule has 4 aromatic heterocycles. The first-order chi connectivity index (χ1) is 29.9. The van der Waals surface area contributed by atoms with Crippen molar-refractivity contribution in [3.63, 3.8) is 0 Å². The van der Waals surface area contributed by atoms with Gasteiger partial charge in [-0.2, -0.15) is 22.7 Å². The fourth-order valence-electron chi connectivity index (χ4n) is 7.94. The standard InChI is InChI=1S/C43H37ClF3N9O6/c1-3-32-36(53-12-14-54(15-13-53)40(58)35-37(24(2)48-23-49-35)62-20-25-7-5-4-6-8-25)41(59)56-42(51-39(52-56)26-9-10-27-21-60-22-28(27)17-26)55(32)19-33(57)50-34-31(44)18-30(43(45,46)47)29-11-16-61-38(29)34/h4-11,16-18,23H,3,12-15,19-22H2,1-2H3,(H,50,57). The maximum atomic E-state index is 14.6. The molecule has 3 aromatic carbocycles. The number of alkyl halides is 3. The number of amides is 2. The molecular formula is C43H37ClF3N9O6. The molecule has 0 atom stereocenters. The normalized spacial score (nSPS) is 14.2. The molecule has 62 heavy (non-hydrogen) atoms. The van der Waals surface area contributed by atoms with E-state index >= 15 is 0 Å². The molecule has 2 aliphatic heterocycles. The van der Waals surface area contributed by atoms with Gasteiger partial charge in [-0.15, -0.1) is 5.10 Å². The SMILES string of the molecule is CCc1c(N2CCN(C(=O)c3ncnc(C)c3OCc3ccccc3)CC2)c(=O)n2nc(-c3ccc4c(c3)COC4)nc2n1CC(=O)Nc1c(Cl)cc(C(F)(F)F)c2ccoc12. The molecule has 0 radical (unpaired) electrons. The number of rotatable bonds is 10. The quantitative estimate of drug-likeness (QED) is 0.153. The van der Waals surface area contributed by atoms with E-state index in [4.69, 9.17) is 30.5 Å². The Labute approximate surface area is 355 Å². The number of halogens is 4. The van der Waals surface area contributed by atoms with Gasteiger partial charge in [0.2, 0.25) is 11.7 Å². The molecule has 15 nitrogen and oxygen atoms in total. The Kier molecular flexibility index (Phi) is 10.6. The molecule has 2 aliphatic rings. The van der Waals surface area contributed by atoms with Gasteiger partial charge < -0.3 is 33.6 Å². The van der Waals surface area contributed by atoms with Crippen LogP contribution in [0.15, 0.2) is 82.5 Å². The number of ether oxygens (including phenoxy) is 2. The van der Waals surface area contributed by atoms with Crippen molar-refractivity contribution in [2.24, 2.45) is 0 Å². The highest BCUT2D eigenvalue weighted by Crippen LogP contribution is 2.42. The van der Waals surface area contributed by atoms with Crippen molar-refractivity contribution < 1.29 is 36.7 Å². The van der Waals surface area contributed by atoms with Gasteiger partial charge in [0.1, 0.15) is 30.9 Å². The first kappa shape index (κ1) is 40.6. The third kappa shape index (κ3) is 7.48. The summed E-state index contributed by atoms with van der Waals surface area (Å²) < 4.78 is 61.4. The Balaban J connectivity index is 1.05. The summed E-state index contributed by atoms with van der Waals surface area (Å²) in [7, 11) is 0. The maximum Gasteiger partial charge on any atom is 0.417 e. The number of aryl methyl sites for hydroxylation is 1. The Bertz CT molecular complexity index is 2940. The van der Waals surface area contributed by atoms with Gasteiger partial charge in [0.15, 0.2) is 22.9 Å². The topological polar surface area (TPSA) is 162 Å². The van der Waals surface area contributed by atoms with E-state index in [1.165, 1.54) is 6.33 Å². The smallest absolute Gasteiger partial charge is 0.417 e. The Hall–Kier alpha value is -6.79. The highest BCUT2D eigenvalue weighted by Gasteiger charge is 2.36. The molecule has 19 heteroatoms. The number of nitrogens with one attached hydrogen (secondary N) is 1. The molecule has 1 N–H and O–H groups in total. The first-order valence-corrected chi connectivity index (χ1v) is 20.1. The average molecular weight is 868 g/mol. The number of carbonyl (C=O) groups excluding carboxylic acids is 2. The highest BCUT2D eigenvalue weighted by molar-refractivity contribution is 6.35. The van der Waals surface area contributed by atoms with Crippen molar-refractivity contribution >= 4 is 51.5 Å². The summed E-state index contributed by atoms with van der Waals surface area (Å²) >= 11 is 6.35. The van der Waals surface area contributed by atoms with Crippen LogP contribution in [0.2, 0.25) is 5.02 Å². The predicted octanol–water partition coefficient (Wildman–Crippen LogP) is 6.85. The molecule has 2 amide bonds. The number of furan rings is 1. The van der Waals surface area contributed by atoms with Crippen molar-refractivity contribution in [2.45, 2.75) is 52.8 Å². The van der Waals surface area contributed by atoms with Gasteiger partial charge in [-0.1, -0.05) is 61.0 Å². The third-order valence-electron chi connectivity index (χ3n) is 11.0. The van der Waals surface area contributed by atoms with Crippen LogP contribution in [-0.2, 0) is 48.5 Å². The summed E-state index contributed by atoms with van der Waals surface area (Å²) in [6, 6.07) is 17.1. The zero-order chi connectivity index (χ0) is 43.3. The molecule has 1 saturated heterocycles. The summed E-state index contributed by atoms with van der Waals surface area (Å²) in [5, 5.41) is 6.64. The monoisotopic (exact) mass is 867 g/mol. The lowest BCUT2D eigenvalue weighted by Gasteiger charge is -2.36. The van der Waals surface area contributed by atoms with E-state index < -0.39 is 29.8 Å². The van der Waals surface area contributed by atoms with Crippen molar-refractivity contribution in [3.8, 4) is 17.1 Å². The average Bonchev–Trinajstić information content (AvgIpc) is 4.05. The second kappa shape index (κ2) is 16.2. The van der Waals surface area contributed by atoms with Crippen molar-refractivity contribution in [1.82, 2.24) is 34.0 Å². The lowest BCUT2D eigenvalue weighted by Crippen LogP contribution is -2.51. The minimum absolute atomic E-state index is 0.0649. The van der Waals surface area contributed by atoms with E-state index in [9.17, 15) is 27.6 Å². The number of fused-ring (bicyclic) bond motifs is 3. The number of aromatic nitrogens is 6. The van der Waals surface area contributed by atoms with Gasteiger partial charge in [-0.25, -0.2) is 9.97 Å². The number of anilines is 2. The van der Waals surface area contributed by atoms with Gasteiger partial charge in [0.05, 0.1) is 41.5 Å².